The lowest BCUT2D eigenvalue weighted by molar-refractivity contribution is 0.0985. The van der Waals surface area contributed by atoms with Crippen molar-refractivity contribution in [1.82, 2.24) is 9.88 Å². The first kappa shape index (κ1) is 23.2. The summed E-state index contributed by atoms with van der Waals surface area (Å²) in [6.07, 6.45) is 0.733. The average Bonchev–Trinajstić information content (AvgIpc) is 3.04. The molecule has 29 heavy (non-hydrogen) atoms. The number of thiazole rings is 1. The van der Waals surface area contributed by atoms with Crippen LogP contribution >= 0.6 is 23.7 Å². The Morgan fingerprint density at radius 1 is 1.10 bits per heavy atom. The number of anilines is 1. The molecule has 3 aromatic rings. The van der Waals surface area contributed by atoms with Crippen molar-refractivity contribution in [1.29, 1.82) is 0 Å². The third kappa shape index (κ3) is 5.29. The third-order valence-electron chi connectivity index (χ3n) is 4.49. The minimum absolute atomic E-state index is 0. The molecule has 4 nitrogen and oxygen atoms in total. The molecule has 0 radical (unpaired) electrons. The molecule has 0 fully saturated rings. The van der Waals surface area contributed by atoms with Crippen molar-refractivity contribution in [3.05, 3.63) is 58.7 Å². The highest BCUT2D eigenvalue weighted by Crippen LogP contribution is 2.32. The van der Waals surface area contributed by atoms with Crippen molar-refractivity contribution in [3.63, 3.8) is 0 Å². The van der Waals surface area contributed by atoms with Crippen molar-refractivity contribution < 1.29 is 13.6 Å². The number of aryl methyl sites for hydroxylation is 2. The van der Waals surface area contributed by atoms with Crippen LogP contribution in [-0.4, -0.2) is 43.0 Å². The van der Waals surface area contributed by atoms with Gasteiger partial charge in [-0.25, -0.2) is 13.8 Å². The Morgan fingerprint density at radius 2 is 1.83 bits per heavy atom. The van der Waals surface area contributed by atoms with E-state index in [-0.39, 0.29) is 23.8 Å². The molecule has 0 unspecified atom stereocenters. The number of hydrogen-bond acceptors (Lipinski definition) is 4. The zero-order chi connectivity index (χ0) is 20.4. The zero-order valence-electron chi connectivity index (χ0n) is 16.8. The van der Waals surface area contributed by atoms with E-state index in [0.717, 1.165) is 41.5 Å². The van der Waals surface area contributed by atoms with Gasteiger partial charge in [0.05, 0.1) is 4.70 Å². The lowest BCUT2D eigenvalue weighted by Gasteiger charge is -2.22. The summed E-state index contributed by atoms with van der Waals surface area (Å²) in [4.78, 5) is 21.3. The van der Waals surface area contributed by atoms with Crippen LogP contribution in [0.25, 0.3) is 10.2 Å². The summed E-state index contributed by atoms with van der Waals surface area (Å²) in [6.45, 7) is 5.05. The highest BCUT2D eigenvalue weighted by molar-refractivity contribution is 7.22. The molecule has 0 bridgehead atoms. The summed E-state index contributed by atoms with van der Waals surface area (Å²) in [5.41, 5.74) is 2.54. The number of halogens is 3. The minimum Gasteiger partial charge on any atom is -0.309 e. The van der Waals surface area contributed by atoms with E-state index in [9.17, 15) is 13.6 Å². The first-order valence-corrected chi connectivity index (χ1v) is 9.87. The number of carbonyl (C=O) groups excluding carboxylic acids is 1. The minimum atomic E-state index is -0.718. The van der Waals surface area contributed by atoms with Crippen LogP contribution in [0, 0.1) is 25.5 Å². The standard InChI is InChI=1S/C21H23F2N3OS.ClH/c1-13-6-7-14(2)16(10-13)20(27)26(9-5-8-25(3)4)21-24-19-17(23)11-15(22)12-18(19)28-21;/h6-7,10-12H,5,8-9H2,1-4H3;1H. The molecule has 8 heteroatoms. The van der Waals surface area contributed by atoms with Crippen LogP contribution in [0.5, 0.6) is 0 Å². The molecular formula is C21H24ClF2N3OS. The van der Waals surface area contributed by atoms with Crippen molar-refractivity contribution in [3.8, 4) is 0 Å². The fraction of sp³-hybridized carbons (Fsp3) is 0.333. The van der Waals surface area contributed by atoms with Gasteiger partial charge in [0.25, 0.3) is 5.91 Å². The van der Waals surface area contributed by atoms with E-state index >= 15 is 0 Å². The molecule has 156 valence electrons. The second kappa shape index (κ2) is 9.61. The molecule has 2 aromatic carbocycles. The van der Waals surface area contributed by atoms with E-state index in [2.05, 4.69) is 4.98 Å². The molecule has 0 spiro atoms. The maximum atomic E-state index is 14.1. The van der Waals surface area contributed by atoms with Gasteiger partial charge in [0.15, 0.2) is 10.9 Å². The Balaban J connectivity index is 0.00000300. The Morgan fingerprint density at radius 3 is 2.52 bits per heavy atom. The summed E-state index contributed by atoms with van der Waals surface area (Å²) in [6, 6.07) is 7.78. The fourth-order valence-corrected chi connectivity index (χ4v) is 4.03. The SMILES string of the molecule is Cc1ccc(C)c(C(=O)N(CCCN(C)C)c2nc3c(F)cc(F)cc3s2)c1.Cl. The zero-order valence-corrected chi connectivity index (χ0v) is 18.5. The van der Waals surface area contributed by atoms with Gasteiger partial charge in [0.1, 0.15) is 11.3 Å². The number of benzene rings is 2. The third-order valence-corrected chi connectivity index (χ3v) is 5.51. The van der Waals surface area contributed by atoms with Gasteiger partial charge in [-0.15, -0.1) is 12.4 Å². The molecule has 0 saturated carbocycles. The molecule has 0 saturated heterocycles. The predicted molar refractivity (Wildman–Crippen MR) is 118 cm³/mol. The second-order valence-corrected chi connectivity index (χ2v) is 8.17. The number of aromatic nitrogens is 1. The summed E-state index contributed by atoms with van der Waals surface area (Å²) in [5.74, 6) is -1.55. The van der Waals surface area contributed by atoms with E-state index < -0.39 is 11.6 Å². The number of hydrogen-bond donors (Lipinski definition) is 0. The van der Waals surface area contributed by atoms with Gasteiger partial charge in [0, 0.05) is 18.2 Å². The topological polar surface area (TPSA) is 36.4 Å². The number of rotatable bonds is 6. The van der Waals surface area contributed by atoms with Crippen molar-refractivity contribution in [2.24, 2.45) is 0 Å². The lowest BCUT2D eigenvalue weighted by atomic mass is 10.0. The first-order chi connectivity index (χ1) is 13.3. The number of carbonyl (C=O) groups is 1. The fourth-order valence-electron chi connectivity index (χ4n) is 3.00. The van der Waals surface area contributed by atoms with E-state index in [0.29, 0.717) is 21.9 Å². The van der Waals surface area contributed by atoms with E-state index in [1.165, 1.54) is 6.07 Å². The Hall–Kier alpha value is -2.09. The molecule has 0 aliphatic heterocycles. The van der Waals surface area contributed by atoms with Crippen LogP contribution in [0.1, 0.15) is 27.9 Å². The van der Waals surface area contributed by atoms with Crippen molar-refractivity contribution in [2.45, 2.75) is 20.3 Å². The van der Waals surface area contributed by atoms with Crippen molar-refractivity contribution >= 4 is 45.0 Å². The smallest absolute Gasteiger partial charge is 0.260 e. The number of nitrogens with zero attached hydrogens (tertiary/aromatic N) is 3. The van der Waals surface area contributed by atoms with Crippen LogP contribution < -0.4 is 4.90 Å². The average molecular weight is 440 g/mol. The summed E-state index contributed by atoms with van der Waals surface area (Å²) < 4.78 is 28.1. The van der Waals surface area contributed by atoms with Crippen LogP contribution in [-0.2, 0) is 0 Å². The molecule has 0 N–H and O–H groups in total. The molecule has 0 atom stereocenters. The molecule has 0 aliphatic rings. The van der Waals surface area contributed by atoms with E-state index in [1.807, 2.05) is 51.0 Å². The van der Waals surface area contributed by atoms with Crippen molar-refractivity contribution in [2.75, 3.05) is 32.1 Å². The molecule has 1 heterocycles. The monoisotopic (exact) mass is 439 g/mol. The highest BCUT2D eigenvalue weighted by Gasteiger charge is 2.23. The van der Waals surface area contributed by atoms with Crippen LogP contribution in [0.15, 0.2) is 30.3 Å². The van der Waals surface area contributed by atoms with Gasteiger partial charge in [-0.3, -0.25) is 9.69 Å². The highest BCUT2D eigenvalue weighted by atomic mass is 35.5. The Bertz CT molecular complexity index is 1020. The van der Waals surface area contributed by atoms with Gasteiger partial charge in [-0.1, -0.05) is 29.0 Å². The number of amides is 1. The summed E-state index contributed by atoms with van der Waals surface area (Å²) in [5, 5.41) is 0.379. The van der Waals surface area contributed by atoms with Gasteiger partial charge < -0.3 is 4.90 Å². The summed E-state index contributed by atoms with van der Waals surface area (Å²) in [7, 11) is 3.93. The normalized spacial score (nSPS) is 11.0. The maximum absolute atomic E-state index is 14.1. The first-order valence-electron chi connectivity index (χ1n) is 9.05. The van der Waals surface area contributed by atoms with Gasteiger partial charge in [0.2, 0.25) is 0 Å². The maximum Gasteiger partial charge on any atom is 0.260 e. The van der Waals surface area contributed by atoms with E-state index in [4.69, 9.17) is 0 Å². The van der Waals surface area contributed by atoms with Crippen LogP contribution in [0.3, 0.4) is 0 Å². The largest absolute Gasteiger partial charge is 0.309 e. The summed E-state index contributed by atoms with van der Waals surface area (Å²) >= 11 is 1.13. The molecule has 3 rings (SSSR count). The molecular weight excluding hydrogens is 416 g/mol. The Labute approximate surface area is 179 Å². The lowest BCUT2D eigenvalue weighted by Crippen LogP contribution is -2.34. The predicted octanol–water partition coefficient (Wildman–Crippen LogP) is 5.21. The quantitative estimate of drug-likeness (QED) is 0.529. The Kier molecular flexibility index (Phi) is 7.68. The molecule has 1 amide bonds. The van der Waals surface area contributed by atoms with E-state index in [1.54, 1.807) is 4.90 Å². The van der Waals surface area contributed by atoms with Crippen LogP contribution in [0.2, 0.25) is 0 Å². The van der Waals surface area contributed by atoms with Gasteiger partial charge >= 0.3 is 0 Å². The van der Waals surface area contributed by atoms with Gasteiger partial charge in [-0.05, 0) is 58.6 Å². The van der Waals surface area contributed by atoms with Gasteiger partial charge in [-0.2, -0.15) is 0 Å². The second-order valence-electron chi connectivity index (χ2n) is 7.16. The molecule has 1 aromatic heterocycles. The molecule has 0 aliphatic carbocycles. The number of fused-ring (bicyclic) bond motifs is 1. The van der Waals surface area contributed by atoms with Crippen LogP contribution in [0.4, 0.5) is 13.9 Å².